The number of thiophene rings is 1. The zero-order valence-electron chi connectivity index (χ0n) is 13.6. The monoisotopic (exact) mass is 363 g/mol. The molecule has 2 heterocycles. The highest BCUT2D eigenvalue weighted by molar-refractivity contribution is 7.09. The van der Waals surface area contributed by atoms with Gasteiger partial charge in [0, 0.05) is 35.7 Å². The van der Waals surface area contributed by atoms with Crippen LogP contribution in [0.3, 0.4) is 0 Å². The fourth-order valence-corrected chi connectivity index (χ4v) is 4.00. The van der Waals surface area contributed by atoms with E-state index in [1.807, 2.05) is 29.2 Å². The molecule has 0 bridgehead atoms. The molecule has 0 radical (unpaired) electrons. The Labute approximate surface area is 152 Å². The molecule has 0 saturated carbocycles. The second-order valence-electron chi connectivity index (χ2n) is 6.03. The van der Waals surface area contributed by atoms with E-state index in [4.69, 9.17) is 16.3 Å². The maximum atomic E-state index is 13.0. The van der Waals surface area contributed by atoms with E-state index in [1.165, 1.54) is 4.88 Å². The summed E-state index contributed by atoms with van der Waals surface area (Å²) >= 11 is 7.97. The highest BCUT2D eigenvalue weighted by Gasteiger charge is 2.26. The van der Waals surface area contributed by atoms with E-state index >= 15 is 0 Å². The molecule has 0 atom stereocenters. The summed E-state index contributed by atoms with van der Waals surface area (Å²) in [5.74, 6) is 0.159. The van der Waals surface area contributed by atoms with E-state index in [0.29, 0.717) is 11.4 Å². The Bertz CT molecular complexity index is 653. The molecule has 3 rings (SSSR count). The van der Waals surface area contributed by atoms with Crippen LogP contribution in [0.1, 0.15) is 23.3 Å². The number of hydrogen-bond acceptors (Lipinski definition) is 3. The third-order valence-electron chi connectivity index (χ3n) is 4.43. The summed E-state index contributed by atoms with van der Waals surface area (Å²) in [6, 6.07) is 12.1. The number of carbonyl (C=O) groups is 1. The lowest BCUT2D eigenvalue weighted by Crippen LogP contribution is -2.45. The molecule has 0 N–H and O–H groups in total. The van der Waals surface area contributed by atoms with Crippen LogP contribution in [0.4, 0.5) is 0 Å². The SMILES string of the molecule is O=C(Cc1ccccc1Cl)N(CCc1cccs1)C1CCOCC1. The Morgan fingerprint density at radius 2 is 2.00 bits per heavy atom. The molecule has 1 fully saturated rings. The second-order valence-corrected chi connectivity index (χ2v) is 7.47. The summed E-state index contributed by atoms with van der Waals surface area (Å²) in [7, 11) is 0. The van der Waals surface area contributed by atoms with Crippen molar-refractivity contribution in [3.8, 4) is 0 Å². The summed E-state index contributed by atoms with van der Waals surface area (Å²) in [4.78, 5) is 16.3. The molecule has 1 aliphatic heterocycles. The van der Waals surface area contributed by atoms with Gasteiger partial charge in [-0.25, -0.2) is 0 Å². The van der Waals surface area contributed by atoms with Gasteiger partial charge in [-0.2, -0.15) is 0 Å². The quantitative estimate of drug-likeness (QED) is 0.770. The highest BCUT2D eigenvalue weighted by Crippen LogP contribution is 2.21. The summed E-state index contributed by atoms with van der Waals surface area (Å²) in [5.41, 5.74) is 0.900. The van der Waals surface area contributed by atoms with Gasteiger partial charge < -0.3 is 9.64 Å². The zero-order chi connectivity index (χ0) is 16.8. The predicted molar refractivity (Wildman–Crippen MR) is 98.7 cm³/mol. The highest BCUT2D eigenvalue weighted by atomic mass is 35.5. The first-order chi connectivity index (χ1) is 11.7. The molecule has 2 aromatic rings. The largest absolute Gasteiger partial charge is 0.381 e. The summed E-state index contributed by atoms with van der Waals surface area (Å²) in [6.07, 6.45) is 3.10. The minimum atomic E-state index is 0.159. The minimum Gasteiger partial charge on any atom is -0.381 e. The fraction of sp³-hybridized carbons (Fsp3) is 0.421. The van der Waals surface area contributed by atoms with E-state index in [9.17, 15) is 4.79 Å². The number of ether oxygens (including phenoxy) is 1. The van der Waals surface area contributed by atoms with E-state index < -0.39 is 0 Å². The fourth-order valence-electron chi connectivity index (χ4n) is 3.10. The van der Waals surface area contributed by atoms with Crippen molar-refractivity contribution < 1.29 is 9.53 Å². The first kappa shape index (κ1) is 17.5. The molecule has 1 aromatic heterocycles. The van der Waals surface area contributed by atoms with Gasteiger partial charge in [-0.05, 0) is 42.3 Å². The van der Waals surface area contributed by atoms with E-state index in [-0.39, 0.29) is 11.9 Å². The van der Waals surface area contributed by atoms with Crippen molar-refractivity contribution in [1.82, 2.24) is 4.90 Å². The normalized spacial score (nSPS) is 15.4. The van der Waals surface area contributed by atoms with Gasteiger partial charge in [0.15, 0.2) is 0 Å². The first-order valence-electron chi connectivity index (χ1n) is 8.37. The Balaban J connectivity index is 1.69. The van der Waals surface area contributed by atoms with Crippen LogP contribution in [0.15, 0.2) is 41.8 Å². The van der Waals surface area contributed by atoms with Crippen molar-refractivity contribution in [3.63, 3.8) is 0 Å². The summed E-state index contributed by atoms with van der Waals surface area (Å²) in [5, 5.41) is 2.75. The number of benzene rings is 1. The van der Waals surface area contributed by atoms with Crippen molar-refractivity contribution in [2.45, 2.75) is 31.7 Å². The summed E-state index contributed by atoms with van der Waals surface area (Å²) < 4.78 is 5.46. The molecule has 3 nitrogen and oxygen atoms in total. The van der Waals surface area contributed by atoms with Gasteiger partial charge in [-0.15, -0.1) is 11.3 Å². The number of nitrogens with zero attached hydrogens (tertiary/aromatic N) is 1. The molecule has 1 saturated heterocycles. The third-order valence-corrected chi connectivity index (χ3v) is 5.74. The number of rotatable bonds is 6. The molecule has 1 amide bonds. The van der Waals surface area contributed by atoms with Crippen LogP contribution in [-0.4, -0.2) is 36.6 Å². The molecular formula is C19H22ClNO2S. The average molecular weight is 364 g/mol. The van der Waals surface area contributed by atoms with E-state index in [2.05, 4.69) is 17.5 Å². The average Bonchev–Trinajstić information content (AvgIpc) is 3.12. The second kappa shape index (κ2) is 8.65. The van der Waals surface area contributed by atoms with E-state index in [1.54, 1.807) is 11.3 Å². The third kappa shape index (κ3) is 4.59. The molecule has 0 aliphatic carbocycles. The van der Waals surface area contributed by atoms with Crippen LogP contribution in [-0.2, 0) is 22.4 Å². The van der Waals surface area contributed by atoms with Gasteiger partial charge in [0.2, 0.25) is 5.91 Å². The Hall–Kier alpha value is -1.36. The maximum Gasteiger partial charge on any atom is 0.227 e. The van der Waals surface area contributed by atoms with Crippen LogP contribution in [0.5, 0.6) is 0 Å². The number of halogens is 1. The van der Waals surface area contributed by atoms with Gasteiger partial charge in [0.05, 0.1) is 6.42 Å². The lowest BCUT2D eigenvalue weighted by molar-refractivity contribution is -0.134. The Kier molecular flexibility index (Phi) is 6.30. The topological polar surface area (TPSA) is 29.5 Å². The molecule has 0 unspecified atom stereocenters. The van der Waals surface area contributed by atoms with Crippen LogP contribution < -0.4 is 0 Å². The molecule has 1 aromatic carbocycles. The van der Waals surface area contributed by atoms with Gasteiger partial charge in [-0.1, -0.05) is 35.9 Å². The van der Waals surface area contributed by atoms with Gasteiger partial charge in [0.25, 0.3) is 0 Å². The van der Waals surface area contributed by atoms with Gasteiger partial charge >= 0.3 is 0 Å². The van der Waals surface area contributed by atoms with Crippen molar-refractivity contribution in [3.05, 3.63) is 57.2 Å². The lowest BCUT2D eigenvalue weighted by Gasteiger charge is -2.34. The van der Waals surface area contributed by atoms with Crippen LogP contribution >= 0.6 is 22.9 Å². The van der Waals surface area contributed by atoms with E-state index in [0.717, 1.165) is 44.6 Å². The van der Waals surface area contributed by atoms with Crippen molar-refractivity contribution in [1.29, 1.82) is 0 Å². The van der Waals surface area contributed by atoms with Gasteiger partial charge in [0.1, 0.15) is 0 Å². The van der Waals surface area contributed by atoms with Crippen molar-refractivity contribution in [2.24, 2.45) is 0 Å². The molecule has 1 aliphatic rings. The van der Waals surface area contributed by atoms with Crippen molar-refractivity contribution >= 4 is 28.8 Å². The van der Waals surface area contributed by atoms with Crippen LogP contribution in [0, 0.1) is 0 Å². The van der Waals surface area contributed by atoms with Crippen LogP contribution in [0.25, 0.3) is 0 Å². The predicted octanol–water partition coefficient (Wildman–Crippen LogP) is 4.19. The first-order valence-corrected chi connectivity index (χ1v) is 9.63. The molecule has 24 heavy (non-hydrogen) atoms. The van der Waals surface area contributed by atoms with Crippen LogP contribution in [0.2, 0.25) is 5.02 Å². The van der Waals surface area contributed by atoms with Gasteiger partial charge in [-0.3, -0.25) is 4.79 Å². The number of carbonyl (C=O) groups excluding carboxylic acids is 1. The minimum absolute atomic E-state index is 0.159. The maximum absolute atomic E-state index is 13.0. The zero-order valence-corrected chi connectivity index (χ0v) is 15.2. The Morgan fingerprint density at radius 1 is 1.21 bits per heavy atom. The summed E-state index contributed by atoms with van der Waals surface area (Å²) in [6.45, 7) is 2.23. The lowest BCUT2D eigenvalue weighted by atomic mass is 10.0. The molecule has 0 spiro atoms. The molecule has 128 valence electrons. The Morgan fingerprint density at radius 3 is 2.71 bits per heavy atom. The molecule has 5 heteroatoms. The van der Waals surface area contributed by atoms with Crippen molar-refractivity contribution in [2.75, 3.05) is 19.8 Å². The number of hydrogen-bond donors (Lipinski definition) is 0. The standard InChI is InChI=1S/C19H22ClNO2S/c20-18-6-2-1-4-15(18)14-19(22)21(16-8-11-23-12-9-16)10-7-17-5-3-13-24-17/h1-6,13,16H,7-12,14H2. The molecular weight excluding hydrogens is 342 g/mol. The smallest absolute Gasteiger partial charge is 0.227 e. The number of amides is 1.